The fourth-order valence-corrected chi connectivity index (χ4v) is 8.28. The van der Waals surface area contributed by atoms with Gasteiger partial charge in [0.1, 0.15) is 5.60 Å². The highest BCUT2D eigenvalue weighted by Crippen LogP contribution is 2.69. The first kappa shape index (κ1) is 23.4. The van der Waals surface area contributed by atoms with E-state index >= 15 is 0 Å². The summed E-state index contributed by atoms with van der Waals surface area (Å²) in [5, 5.41) is 1.35. The third kappa shape index (κ3) is 2.89. The van der Waals surface area contributed by atoms with Crippen LogP contribution in [0.1, 0.15) is 71.6 Å². The molecule has 1 aromatic heterocycles. The molecule has 1 aromatic carbocycles. The summed E-state index contributed by atoms with van der Waals surface area (Å²) < 4.78 is 19.3. The molecule has 35 heavy (non-hydrogen) atoms. The van der Waals surface area contributed by atoms with Gasteiger partial charge >= 0.3 is 0 Å². The summed E-state index contributed by atoms with van der Waals surface area (Å²) in [4.78, 5) is 17.1. The van der Waals surface area contributed by atoms with Crippen LogP contribution in [0.3, 0.4) is 0 Å². The number of rotatable bonds is 4. The molecule has 0 spiro atoms. The van der Waals surface area contributed by atoms with Crippen molar-refractivity contribution in [3.63, 3.8) is 0 Å². The van der Waals surface area contributed by atoms with Gasteiger partial charge in [-0.1, -0.05) is 39.0 Å². The smallest absolute Gasteiger partial charge is 0.192 e. The minimum Gasteiger partial charge on any atom is -0.378 e. The van der Waals surface area contributed by atoms with Crippen LogP contribution in [0.4, 0.5) is 0 Å². The van der Waals surface area contributed by atoms with Gasteiger partial charge in [-0.2, -0.15) is 0 Å². The number of ether oxygens (including phenoxy) is 3. The van der Waals surface area contributed by atoms with Crippen LogP contribution >= 0.6 is 0 Å². The molecule has 3 aliphatic carbocycles. The Bertz CT molecular complexity index is 1230. The molecule has 1 N–H and O–H groups in total. The lowest BCUT2D eigenvalue weighted by molar-refractivity contribution is -0.280. The Hall–Kier alpha value is -1.95. The Balaban J connectivity index is 1.55. The molecule has 188 valence electrons. The van der Waals surface area contributed by atoms with Crippen molar-refractivity contribution in [3.8, 4) is 0 Å². The predicted molar refractivity (Wildman–Crippen MR) is 136 cm³/mol. The second kappa shape index (κ2) is 7.53. The Kier molecular flexibility index (Phi) is 5.05. The standard InChI is InChI=1S/C30H39NO4/c1-7-14-34-23-16-18-15-20-19-10-8-9-11-22(19)31-26(20)29(18,5)28(4)12-13-30(33-6)21(25(23)28)17-24(32)27(2,3)35-30/h8-11,17-18,23,25,31H,7,12-16H2,1-6H3/t18-,23+,25?,28+,29-,30+/m1/s1. The average molecular weight is 478 g/mol. The van der Waals surface area contributed by atoms with Crippen LogP contribution in [0.15, 0.2) is 35.9 Å². The Morgan fingerprint density at radius 2 is 1.91 bits per heavy atom. The molecule has 2 heterocycles. The predicted octanol–water partition coefficient (Wildman–Crippen LogP) is 5.86. The van der Waals surface area contributed by atoms with Crippen molar-refractivity contribution < 1.29 is 19.0 Å². The SMILES string of the molecule is CCCO[C@H]1C[C@H]2Cc3c([nH]c4ccccc34)[C@]2(C)[C@@]2(C)CC[C@]3(OC)OC(C)(C)C(=O)C=C3C12. The first-order valence-electron chi connectivity index (χ1n) is 13.3. The third-order valence-corrected chi connectivity index (χ3v) is 10.3. The van der Waals surface area contributed by atoms with Gasteiger partial charge in [-0.25, -0.2) is 0 Å². The minimum absolute atomic E-state index is 0.0173. The topological polar surface area (TPSA) is 60.6 Å². The maximum absolute atomic E-state index is 13.2. The number of methoxy groups -OCH3 is 1. The summed E-state index contributed by atoms with van der Waals surface area (Å²) in [5.74, 6) is -0.325. The van der Waals surface area contributed by atoms with Gasteiger partial charge in [0.25, 0.3) is 0 Å². The Labute approximate surface area is 208 Å². The molecule has 0 radical (unpaired) electrons. The lowest BCUT2D eigenvalue weighted by Crippen LogP contribution is -2.66. The summed E-state index contributed by atoms with van der Waals surface area (Å²) in [6.45, 7) is 11.5. The molecular formula is C30H39NO4. The van der Waals surface area contributed by atoms with Gasteiger partial charge in [-0.05, 0) is 74.1 Å². The summed E-state index contributed by atoms with van der Waals surface area (Å²) in [6.07, 6.45) is 6.60. The number of hydrogen-bond donors (Lipinski definition) is 1. The van der Waals surface area contributed by atoms with E-state index in [1.165, 1.54) is 22.2 Å². The number of benzene rings is 1. The van der Waals surface area contributed by atoms with E-state index in [1.54, 1.807) is 7.11 Å². The van der Waals surface area contributed by atoms with Gasteiger partial charge in [0.05, 0.1) is 6.10 Å². The number of aromatic amines is 1. The number of aromatic nitrogens is 1. The molecule has 5 nitrogen and oxygen atoms in total. The summed E-state index contributed by atoms with van der Waals surface area (Å²) >= 11 is 0. The van der Waals surface area contributed by atoms with Crippen molar-refractivity contribution in [1.82, 2.24) is 4.98 Å². The number of carbonyl (C=O) groups is 1. The van der Waals surface area contributed by atoms with E-state index in [4.69, 9.17) is 14.2 Å². The van der Waals surface area contributed by atoms with E-state index in [0.29, 0.717) is 5.92 Å². The molecule has 6 atom stereocenters. The molecule has 6 rings (SSSR count). The fourth-order valence-electron chi connectivity index (χ4n) is 8.28. The minimum atomic E-state index is -0.897. The Morgan fingerprint density at radius 1 is 1.14 bits per heavy atom. The zero-order chi connectivity index (χ0) is 24.8. The van der Waals surface area contributed by atoms with Crippen LogP contribution in [-0.2, 0) is 30.8 Å². The largest absolute Gasteiger partial charge is 0.378 e. The summed E-state index contributed by atoms with van der Waals surface area (Å²) in [6, 6.07) is 8.70. The van der Waals surface area contributed by atoms with E-state index in [2.05, 4.69) is 50.0 Å². The summed E-state index contributed by atoms with van der Waals surface area (Å²) in [7, 11) is 1.73. The number of nitrogens with one attached hydrogen (secondary N) is 1. The molecule has 5 heteroatoms. The zero-order valence-electron chi connectivity index (χ0n) is 22.0. The van der Waals surface area contributed by atoms with Crippen LogP contribution in [0.2, 0.25) is 0 Å². The van der Waals surface area contributed by atoms with Gasteiger partial charge in [0.2, 0.25) is 0 Å². The second-order valence-electron chi connectivity index (χ2n) is 12.2. The maximum Gasteiger partial charge on any atom is 0.192 e. The van der Waals surface area contributed by atoms with Crippen molar-refractivity contribution in [3.05, 3.63) is 47.2 Å². The van der Waals surface area contributed by atoms with E-state index in [0.717, 1.165) is 44.3 Å². The van der Waals surface area contributed by atoms with Gasteiger partial charge in [-0.3, -0.25) is 4.79 Å². The monoisotopic (exact) mass is 477 g/mol. The first-order valence-corrected chi connectivity index (χ1v) is 13.3. The first-order chi connectivity index (χ1) is 16.6. The van der Waals surface area contributed by atoms with Crippen LogP contribution in [-0.4, -0.2) is 42.0 Å². The van der Waals surface area contributed by atoms with Gasteiger partial charge in [0.15, 0.2) is 11.6 Å². The maximum atomic E-state index is 13.2. The van der Waals surface area contributed by atoms with E-state index in [9.17, 15) is 4.79 Å². The van der Waals surface area contributed by atoms with Crippen molar-refractivity contribution >= 4 is 16.7 Å². The molecule has 2 fully saturated rings. The second-order valence-corrected chi connectivity index (χ2v) is 12.2. The van der Waals surface area contributed by atoms with Crippen LogP contribution in [0.5, 0.6) is 0 Å². The molecule has 2 aromatic rings. The van der Waals surface area contributed by atoms with E-state index < -0.39 is 11.4 Å². The Morgan fingerprint density at radius 3 is 2.66 bits per heavy atom. The molecule has 0 amide bonds. The van der Waals surface area contributed by atoms with Gasteiger partial charge in [0, 0.05) is 48.1 Å². The highest BCUT2D eigenvalue weighted by Gasteiger charge is 2.69. The number of hydrogen-bond acceptors (Lipinski definition) is 4. The van der Waals surface area contributed by atoms with Crippen molar-refractivity contribution in [2.75, 3.05) is 13.7 Å². The number of carbonyl (C=O) groups excluding carboxylic acids is 1. The molecular weight excluding hydrogens is 438 g/mol. The van der Waals surface area contributed by atoms with Gasteiger partial charge < -0.3 is 19.2 Å². The number of H-pyrrole nitrogens is 1. The molecule has 1 aliphatic heterocycles. The number of ketones is 1. The molecule has 1 unspecified atom stereocenters. The molecule has 0 saturated heterocycles. The number of para-hydroxylation sites is 1. The van der Waals surface area contributed by atoms with E-state index in [-0.39, 0.29) is 28.6 Å². The van der Waals surface area contributed by atoms with Crippen LogP contribution < -0.4 is 0 Å². The summed E-state index contributed by atoms with van der Waals surface area (Å²) in [5.41, 5.74) is 4.00. The normalized spacial score (nSPS) is 39.5. The van der Waals surface area contributed by atoms with Crippen LogP contribution in [0.25, 0.3) is 10.9 Å². The lowest BCUT2D eigenvalue weighted by atomic mass is 9.43. The van der Waals surface area contributed by atoms with Crippen molar-refractivity contribution in [1.29, 1.82) is 0 Å². The highest BCUT2D eigenvalue weighted by atomic mass is 16.7. The van der Waals surface area contributed by atoms with Crippen LogP contribution in [0, 0.1) is 17.3 Å². The fraction of sp³-hybridized carbons (Fsp3) is 0.633. The molecule has 0 bridgehead atoms. The zero-order valence-corrected chi connectivity index (χ0v) is 22.0. The van der Waals surface area contributed by atoms with Crippen molar-refractivity contribution in [2.45, 2.75) is 89.6 Å². The van der Waals surface area contributed by atoms with Crippen molar-refractivity contribution in [2.24, 2.45) is 17.3 Å². The molecule has 4 aliphatic rings. The molecule has 2 saturated carbocycles. The highest BCUT2D eigenvalue weighted by molar-refractivity contribution is 5.98. The third-order valence-electron chi connectivity index (χ3n) is 10.3. The van der Waals surface area contributed by atoms with E-state index in [1.807, 2.05) is 19.9 Å². The van der Waals surface area contributed by atoms with Gasteiger partial charge in [-0.15, -0.1) is 0 Å². The quantitative estimate of drug-likeness (QED) is 0.599. The lowest BCUT2D eigenvalue weighted by Gasteiger charge is -2.64. The number of fused-ring (bicyclic) bond motifs is 9. The average Bonchev–Trinajstić information content (AvgIpc) is 3.33.